The molecule has 0 fully saturated rings. The minimum Gasteiger partial charge on any atom is -0.369 e. The van der Waals surface area contributed by atoms with Crippen LogP contribution in [0.2, 0.25) is 0 Å². The monoisotopic (exact) mass is 490 g/mol. The van der Waals surface area contributed by atoms with E-state index in [4.69, 9.17) is 9.97 Å². The molecule has 2 heterocycles. The average Bonchev–Trinajstić information content (AvgIpc) is 3.13. The standard InChI is InChI=1S/C21H27BrN6OS/c1-4-11-30-21-26-18(24-12-14(2)3)16-13-25-28(19(16)27-21)10-9-23-20(29)15-7-5-6-8-17(15)22/h5-8,13-14H,4,9-12H2,1-3H3,(H,23,29)(H,24,26,27). The van der Waals surface area contributed by atoms with E-state index in [-0.39, 0.29) is 5.91 Å². The number of hydrogen-bond donors (Lipinski definition) is 2. The number of carbonyl (C=O) groups excluding carboxylic acids is 1. The van der Waals surface area contributed by atoms with Crippen molar-refractivity contribution in [2.45, 2.75) is 38.9 Å². The molecule has 0 unspecified atom stereocenters. The van der Waals surface area contributed by atoms with Crippen LogP contribution in [-0.2, 0) is 6.54 Å². The number of aromatic nitrogens is 4. The van der Waals surface area contributed by atoms with Crippen molar-refractivity contribution < 1.29 is 4.79 Å². The molecule has 0 spiro atoms. The predicted octanol–water partition coefficient (Wildman–Crippen LogP) is 4.59. The normalized spacial score (nSPS) is 11.2. The van der Waals surface area contributed by atoms with Crippen molar-refractivity contribution in [3.05, 3.63) is 40.5 Å². The molecule has 0 radical (unpaired) electrons. The second-order valence-corrected chi connectivity index (χ2v) is 9.24. The zero-order valence-corrected chi connectivity index (χ0v) is 19.9. The highest BCUT2D eigenvalue weighted by molar-refractivity contribution is 9.10. The molecular weight excluding hydrogens is 464 g/mol. The maximum absolute atomic E-state index is 12.4. The Hall–Kier alpha value is -2.13. The quantitative estimate of drug-likeness (QED) is 0.319. The highest BCUT2D eigenvalue weighted by atomic mass is 79.9. The number of nitrogens with zero attached hydrogens (tertiary/aromatic N) is 4. The molecule has 0 aliphatic rings. The third kappa shape index (κ3) is 5.72. The summed E-state index contributed by atoms with van der Waals surface area (Å²) in [5.41, 5.74) is 1.40. The van der Waals surface area contributed by atoms with E-state index < -0.39 is 0 Å². The van der Waals surface area contributed by atoms with Crippen LogP contribution in [0.4, 0.5) is 5.82 Å². The number of nitrogens with one attached hydrogen (secondary N) is 2. The molecule has 3 rings (SSSR count). The lowest BCUT2D eigenvalue weighted by molar-refractivity contribution is 0.0951. The van der Waals surface area contributed by atoms with Crippen molar-refractivity contribution in [3.8, 4) is 0 Å². The van der Waals surface area contributed by atoms with Crippen LogP contribution in [0.15, 0.2) is 40.1 Å². The van der Waals surface area contributed by atoms with Crippen LogP contribution < -0.4 is 10.6 Å². The van der Waals surface area contributed by atoms with Crippen molar-refractivity contribution in [3.63, 3.8) is 0 Å². The van der Waals surface area contributed by atoms with E-state index >= 15 is 0 Å². The number of halogens is 1. The molecule has 9 heteroatoms. The van der Waals surface area contributed by atoms with Crippen molar-refractivity contribution in [1.82, 2.24) is 25.1 Å². The first-order valence-electron chi connectivity index (χ1n) is 10.1. The molecule has 0 aliphatic carbocycles. The maximum atomic E-state index is 12.4. The molecule has 0 saturated heterocycles. The zero-order valence-electron chi connectivity index (χ0n) is 17.5. The first-order valence-corrected chi connectivity index (χ1v) is 11.9. The van der Waals surface area contributed by atoms with Crippen molar-refractivity contribution in [1.29, 1.82) is 0 Å². The summed E-state index contributed by atoms with van der Waals surface area (Å²) >= 11 is 5.06. The molecule has 160 valence electrons. The van der Waals surface area contributed by atoms with Crippen molar-refractivity contribution >= 4 is 50.5 Å². The lowest BCUT2D eigenvalue weighted by Crippen LogP contribution is -2.27. The number of rotatable bonds is 10. The van der Waals surface area contributed by atoms with Crippen LogP contribution in [0, 0.1) is 5.92 Å². The summed E-state index contributed by atoms with van der Waals surface area (Å²) < 4.78 is 2.60. The minimum atomic E-state index is -0.118. The van der Waals surface area contributed by atoms with Gasteiger partial charge in [0.2, 0.25) is 0 Å². The molecule has 30 heavy (non-hydrogen) atoms. The van der Waals surface area contributed by atoms with Crippen LogP contribution in [0.3, 0.4) is 0 Å². The summed E-state index contributed by atoms with van der Waals surface area (Å²) in [4.78, 5) is 21.8. The Bertz CT molecular complexity index is 1010. The Morgan fingerprint density at radius 1 is 1.27 bits per heavy atom. The predicted molar refractivity (Wildman–Crippen MR) is 126 cm³/mol. The van der Waals surface area contributed by atoms with Crippen LogP contribution in [-0.4, -0.2) is 44.5 Å². The summed E-state index contributed by atoms with van der Waals surface area (Å²) in [5, 5.41) is 12.5. The Morgan fingerprint density at radius 3 is 2.80 bits per heavy atom. The minimum absolute atomic E-state index is 0.118. The van der Waals surface area contributed by atoms with Gasteiger partial charge < -0.3 is 10.6 Å². The van der Waals surface area contributed by atoms with Gasteiger partial charge in [0.15, 0.2) is 10.8 Å². The Labute approximate surface area is 189 Å². The van der Waals surface area contributed by atoms with E-state index in [0.29, 0.717) is 24.6 Å². The molecule has 1 amide bonds. The summed E-state index contributed by atoms with van der Waals surface area (Å²) in [6.07, 6.45) is 2.85. The Balaban J connectivity index is 1.75. The summed E-state index contributed by atoms with van der Waals surface area (Å²) in [6.45, 7) is 8.27. The lowest BCUT2D eigenvalue weighted by Gasteiger charge is -2.11. The second-order valence-electron chi connectivity index (χ2n) is 7.32. The van der Waals surface area contributed by atoms with E-state index in [9.17, 15) is 4.79 Å². The average molecular weight is 491 g/mol. The van der Waals surface area contributed by atoms with Crippen LogP contribution in [0.5, 0.6) is 0 Å². The summed E-state index contributed by atoms with van der Waals surface area (Å²) in [6, 6.07) is 7.38. The second kappa shape index (κ2) is 10.8. The van der Waals surface area contributed by atoms with E-state index in [0.717, 1.165) is 45.2 Å². The number of benzene rings is 1. The smallest absolute Gasteiger partial charge is 0.252 e. The number of anilines is 1. The van der Waals surface area contributed by atoms with E-state index in [1.807, 2.05) is 22.9 Å². The summed E-state index contributed by atoms with van der Waals surface area (Å²) in [7, 11) is 0. The largest absolute Gasteiger partial charge is 0.369 e. The number of carbonyl (C=O) groups is 1. The first kappa shape index (κ1) is 22.6. The number of thioether (sulfide) groups is 1. The highest BCUT2D eigenvalue weighted by Crippen LogP contribution is 2.25. The van der Waals surface area contributed by atoms with Gasteiger partial charge >= 0.3 is 0 Å². The molecule has 0 aliphatic heterocycles. The van der Waals surface area contributed by atoms with Crippen LogP contribution >= 0.6 is 27.7 Å². The number of amides is 1. The molecule has 2 N–H and O–H groups in total. The van der Waals surface area contributed by atoms with Gasteiger partial charge in [0, 0.05) is 23.3 Å². The molecule has 0 saturated carbocycles. The zero-order chi connectivity index (χ0) is 21.5. The lowest BCUT2D eigenvalue weighted by atomic mass is 10.2. The van der Waals surface area contributed by atoms with Gasteiger partial charge in [0.1, 0.15) is 5.82 Å². The fraction of sp³-hybridized carbons (Fsp3) is 0.429. The Morgan fingerprint density at radius 2 is 2.07 bits per heavy atom. The van der Waals surface area contributed by atoms with Crippen molar-refractivity contribution in [2.75, 3.05) is 24.2 Å². The molecule has 7 nitrogen and oxygen atoms in total. The molecule has 0 bridgehead atoms. The third-order valence-electron chi connectivity index (χ3n) is 4.32. The fourth-order valence-corrected chi connectivity index (χ4v) is 3.97. The molecule has 0 atom stereocenters. The van der Waals surface area contributed by atoms with Gasteiger partial charge in [-0.15, -0.1) is 0 Å². The van der Waals surface area contributed by atoms with Gasteiger partial charge in [0.05, 0.1) is 23.7 Å². The van der Waals surface area contributed by atoms with Gasteiger partial charge in [-0.2, -0.15) is 5.10 Å². The third-order valence-corrected chi connectivity index (χ3v) is 6.06. The molecule has 3 aromatic rings. The first-order chi connectivity index (χ1) is 14.5. The highest BCUT2D eigenvalue weighted by Gasteiger charge is 2.14. The maximum Gasteiger partial charge on any atom is 0.252 e. The number of fused-ring (bicyclic) bond motifs is 1. The number of hydrogen-bond acceptors (Lipinski definition) is 6. The van der Waals surface area contributed by atoms with Gasteiger partial charge in [-0.05, 0) is 40.4 Å². The summed E-state index contributed by atoms with van der Waals surface area (Å²) in [5.74, 6) is 2.16. The van der Waals surface area contributed by atoms with E-state index in [1.165, 1.54) is 0 Å². The van der Waals surface area contributed by atoms with Gasteiger partial charge in [-0.1, -0.05) is 44.7 Å². The topological polar surface area (TPSA) is 84.7 Å². The van der Waals surface area contributed by atoms with Gasteiger partial charge in [-0.25, -0.2) is 14.6 Å². The SMILES string of the molecule is CCCSc1nc(NCC(C)C)c2cnn(CCNC(=O)c3ccccc3Br)c2n1. The molecule has 2 aromatic heterocycles. The van der Waals surface area contributed by atoms with Crippen LogP contribution in [0.25, 0.3) is 11.0 Å². The Kier molecular flexibility index (Phi) is 8.09. The van der Waals surface area contributed by atoms with Crippen LogP contribution in [0.1, 0.15) is 37.6 Å². The van der Waals surface area contributed by atoms with E-state index in [1.54, 1.807) is 24.0 Å². The molecular formula is C21H27BrN6OS. The van der Waals surface area contributed by atoms with Gasteiger partial charge in [-0.3, -0.25) is 4.79 Å². The van der Waals surface area contributed by atoms with Gasteiger partial charge in [0.25, 0.3) is 5.91 Å². The van der Waals surface area contributed by atoms with Crippen molar-refractivity contribution in [2.24, 2.45) is 5.92 Å². The van der Waals surface area contributed by atoms with E-state index in [2.05, 4.69) is 52.4 Å². The molecule has 1 aromatic carbocycles. The fourth-order valence-electron chi connectivity index (χ4n) is 2.81.